The van der Waals surface area contributed by atoms with E-state index in [9.17, 15) is 26.7 Å². The summed E-state index contributed by atoms with van der Waals surface area (Å²) in [7, 11) is -3.47. The number of alkyl halides is 3. The van der Waals surface area contributed by atoms with Crippen molar-refractivity contribution in [1.82, 2.24) is 15.3 Å². The van der Waals surface area contributed by atoms with E-state index in [1.807, 2.05) is 0 Å². The number of benzene rings is 1. The number of aliphatic hydroxyl groups is 1. The van der Waals surface area contributed by atoms with Crippen LogP contribution in [-0.4, -0.2) is 47.4 Å². The molecule has 0 unspecified atom stereocenters. The Morgan fingerprint density at radius 2 is 1.76 bits per heavy atom. The Morgan fingerprint density at radius 3 is 2.37 bits per heavy atom. The SMILES string of the molecule is Cc1cc(S(=O)(=O)C2CC3(CCNCC3)C2)ccc1Nc1ncc(C(F)(F)F)c(C2CCC(C)(O)CC2)n1. The van der Waals surface area contributed by atoms with E-state index >= 15 is 0 Å². The van der Waals surface area contributed by atoms with E-state index in [4.69, 9.17) is 0 Å². The first-order chi connectivity index (χ1) is 17.8. The molecule has 2 aliphatic carbocycles. The molecule has 7 nitrogen and oxygen atoms in total. The van der Waals surface area contributed by atoms with Gasteiger partial charge in [0.05, 0.1) is 27.0 Å². The van der Waals surface area contributed by atoms with Gasteiger partial charge in [0.15, 0.2) is 9.84 Å². The second kappa shape index (κ2) is 9.75. The third-order valence-electron chi connectivity index (χ3n) is 8.77. The number of hydrogen-bond donors (Lipinski definition) is 3. The summed E-state index contributed by atoms with van der Waals surface area (Å²) in [6.07, 6.45) is 1.21. The van der Waals surface area contributed by atoms with Crippen LogP contribution in [-0.2, 0) is 16.0 Å². The monoisotopic (exact) mass is 552 g/mol. The van der Waals surface area contributed by atoms with Crippen LogP contribution in [0, 0.1) is 12.3 Å². The zero-order valence-corrected chi connectivity index (χ0v) is 22.6. The maximum Gasteiger partial charge on any atom is 0.419 e. The summed E-state index contributed by atoms with van der Waals surface area (Å²) in [5.74, 6) is -0.411. The van der Waals surface area contributed by atoms with Crippen LogP contribution < -0.4 is 10.6 Å². The van der Waals surface area contributed by atoms with Gasteiger partial charge in [-0.2, -0.15) is 13.2 Å². The summed E-state index contributed by atoms with van der Waals surface area (Å²) in [6, 6.07) is 4.78. The molecule has 3 N–H and O–H groups in total. The smallest absolute Gasteiger partial charge is 0.390 e. The van der Waals surface area contributed by atoms with Crippen LogP contribution in [0.2, 0.25) is 0 Å². The number of rotatable bonds is 5. The van der Waals surface area contributed by atoms with Crippen LogP contribution in [0.25, 0.3) is 0 Å². The van der Waals surface area contributed by atoms with Crippen molar-refractivity contribution < 1.29 is 26.7 Å². The van der Waals surface area contributed by atoms with E-state index in [1.54, 1.807) is 32.0 Å². The van der Waals surface area contributed by atoms with Gasteiger partial charge in [-0.3, -0.25) is 0 Å². The lowest BCUT2D eigenvalue weighted by molar-refractivity contribution is -0.139. The molecule has 5 rings (SSSR count). The Hall–Kier alpha value is -2.24. The van der Waals surface area contributed by atoms with Crippen molar-refractivity contribution in [1.29, 1.82) is 0 Å². The predicted octanol–water partition coefficient (Wildman–Crippen LogP) is 5.26. The first-order valence-corrected chi connectivity index (χ1v) is 14.8. The number of sulfone groups is 1. The normalized spacial score (nSPS) is 26.2. The Labute approximate surface area is 221 Å². The van der Waals surface area contributed by atoms with E-state index in [0.29, 0.717) is 49.8 Å². The van der Waals surface area contributed by atoms with Crippen molar-refractivity contribution in [3.63, 3.8) is 0 Å². The molecule has 2 aromatic rings. The molecule has 3 aliphatic rings. The fourth-order valence-electron chi connectivity index (χ4n) is 6.26. The largest absolute Gasteiger partial charge is 0.419 e. The minimum Gasteiger partial charge on any atom is -0.390 e. The van der Waals surface area contributed by atoms with E-state index in [0.717, 1.165) is 32.1 Å². The van der Waals surface area contributed by atoms with Crippen LogP contribution in [0.3, 0.4) is 0 Å². The van der Waals surface area contributed by atoms with Gasteiger partial charge in [-0.15, -0.1) is 0 Å². The fraction of sp³-hybridized carbons (Fsp3) is 0.630. The van der Waals surface area contributed by atoms with Crippen LogP contribution in [0.15, 0.2) is 29.3 Å². The number of aryl methyl sites for hydroxylation is 1. The zero-order valence-electron chi connectivity index (χ0n) is 21.7. The molecule has 0 radical (unpaired) electrons. The number of anilines is 2. The highest BCUT2D eigenvalue weighted by Crippen LogP contribution is 2.52. The highest BCUT2D eigenvalue weighted by molar-refractivity contribution is 7.92. The second-order valence-corrected chi connectivity index (χ2v) is 13.9. The van der Waals surface area contributed by atoms with Crippen LogP contribution >= 0.6 is 0 Å². The Bertz CT molecular complexity index is 1290. The van der Waals surface area contributed by atoms with Crippen LogP contribution in [0.5, 0.6) is 0 Å². The maximum atomic E-state index is 13.7. The molecule has 1 spiro atoms. The average molecular weight is 553 g/mol. The van der Waals surface area contributed by atoms with Crippen molar-refractivity contribution in [2.24, 2.45) is 5.41 Å². The standard InChI is InChI=1S/C27H35F3N4O3S/c1-17-13-19(38(36,37)20-14-26(15-20)9-11-31-12-10-26)3-4-22(17)33-24-32-16-21(27(28,29)30)23(34-24)18-5-7-25(2,35)8-6-18/h3-4,13,16,18,20,31,35H,5-12,14-15H2,1-2H3,(H,32,33,34). The molecule has 3 fully saturated rings. The molecule has 1 aromatic carbocycles. The average Bonchev–Trinajstić information content (AvgIpc) is 2.83. The molecular formula is C27H35F3N4O3S. The quantitative estimate of drug-likeness (QED) is 0.465. The fourth-order valence-corrected chi connectivity index (χ4v) is 8.38. The molecule has 1 aliphatic heterocycles. The van der Waals surface area contributed by atoms with Crippen molar-refractivity contribution in [3.05, 3.63) is 41.2 Å². The van der Waals surface area contributed by atoms with Gasteiger partial charge >= 0.3 is 6.18 Å². The highest BCUT2D eigenvalue weighted by atomic mass is 32.2. The van der Waals surface area contributed by atoms with E-state index in [2.05, 4.69) is 20.6 Å². The summed E-state index contributed by atoms with van der Waals surface area (Å²) < 4.78 is 67.8. The van der Waals surface area contributed by atoms with E-state index < -0.39 is 33.1 Å². The van der Waals surface area contributed by atoms with Gasteiger partial charge in [-0.25, -0.2) is 18.4 Å². The van der Waals surface area contributed by atoms with Crippen LogP contribution in [0.1, 0.15) is 81.0 Å². The third kappa shape index (κ3) is 5.42. The number of halogens is 3. The lowest BCUT2D eigenvalue weighted by Crippen LogP contribution is -2.50. The van der Waals surface area contributed by atoms with Gasteiger partial charge in [-0.1, -0.05) is 0 Å². The van der Waals surface area contributed by atoms with E-state index in [1.165, 1.54) is 0 Å². The first kappa shape index (κ1) is 27.3. The Kier molecular flexibility index (Phi) is 7.01. The zero-order chi connectivity index (χ0) is 27.3. The topological polar surface area (TPSA) is 104 Å². The molecular weight excluding hydrogens is 517 g/mol. The summed E-state index contributed by atoms with van der Waals surface area (Å²) in [4.78, 5) is 8.45. The van der Waals surface area contributed by atoms with Crippen molar-refractivity contribution >= 4 is 21.5 Å². The lowest BCUT2D eigenvalue weighted by atomic mass is 9.63. The second-order valence-electron chi connectivity index (χ2n) is 11.7. The van der Waals surface area contributed by atoms with Gasteiger partial charge in [0, 0.05) is 17.8 Å². The van der Waals surface area contributed by atoms with Crippen LogP contribution in [0.4, 0.5) is 24.8 Å². The minimum absolute atomic E-state index is 0.0240. The summed E-state index contributed by atoms with van der Waals surface area (Å²) >= 11 is 0. The molecule has 11 heteroatoms. The molecule has 38 heavy (non-hydrogen) atoms. The van der Waals surface area contributed by atoms with Gasteiger partial charge in [-0.05, 0) is 107 Å². The van der Waals surface area contributed by atoms with Gasteiger partial charge in [0.1, 0.15) is 0 Å². The molecule has 208 valence electrons. The summed E-state index contributed by atoms with van der Waals surface area (Å²) in [5.41, 5.74) is -0.495. The molecule has 2 heterocycles. The number of hydrogen-bond acceptors (Lipinski definition) is 7. The molecule has 1 saturated heterocycles. The van der Waals surface area contributed by atoms with Gasteiger partial charge < -0.3 is 15.7 Å². The minimum atomic E-state index is -4.59. The lowest BCUT2D eigenvalue weighted by Gasteiger charge is -2.49. The molecule has 0 bridgehead atoms. The first-order valence-electron chi connectivity index (χ1n) is 13.3. The van der Waals surface area contributed by atoms with Crippen molar-refractivity contribution in [2.75, 3.05) is 18.4 Å². The van der Waals surface area contributed by atoms with Crippen molar-refractivity contribution in [2.45, 2.75) is 93.1 Å². The Morgan fingerprint density at radius 1 is 1.11 bits per heavy atom. The molecule has 0 atom stereocenters. The van der Waals surface area contributed by atoms with E-state index in [-0.39, 0.29) is 27.2 Å². The van der Waals surface area contributed by atoms with Gasteiger partial charge in [0.25, 0.3) is 0 Å². The summed E-state index contributed by atoms with van der Waals surface area (Å²) in [5, 5.41) is 16.2. The highest BCUT2D eigenvalue weighted by Gasteiger charge is 2.50. The number of nitrogens with one attached hydrogen (secondary N) is 2. The number of piperidine rings is 1. The predicted molar refractivity (Wildman–Crippen MR) is 138 cm³/mol. The van der Waals surface area contributed by atoms with Gasteiger partial charge in [0.2, 0.25) is 5.95 Å². The molecule has 2 saturated carbocycles. The Balaban J connectivity index is 1.34. The maximum absolute atomic E-state index is 13.7. The molecule has 0 amide bonds. The number of nitrogens with zero attached hydrogens (tertiary/aromatic N) is 2. The summed E-state index contributed by atoms with van der Waals surface area (Å²) in [6.45, 7) is 5.32. The molecule has 1 aromatic heterocycles. The van der Waals surface area contributed by atoms with Crippen molar-refractivity contribution in [3.8, 4) is 0 Å². The number of aromatic nitrogens is 2. The third-order valence-corrected chi connectivity index (χ3v) is 10.9.